The number of aryl methyl sites for hydroxylation is 2. The summed E-state index contributed by atoms with van der Waals surface area (Å²) >= 11 is 1.52. The summed E-state index contributed by atoms with van der Waals surface area (Å²) in [5.74, 6) is 0.489. The standard InChI is InChI=1S/C16H17N3OS/c1-3-6-11-9-14(19-18-11)17-16(20)15-10(2)12-7-4-5-8-13(12)21-15/h4-5,7-9H,3,6H2,1-2H3,(H2,17,18,19,20). The van der Waals surface area contributed by atoms with Crippen LogP contribution in [-0.4, -0.2) is 16.1 Å². The van der Waals surface area contributed by atoms with Gasteiger partial charge in [0.1, 0.15) is 0 Å². The first kappa shape index (κ1) is 13.8. The van der Waals surface area contributed by atoms with Gasteiger partial charge in [0.25, 0.3) is 5.91 Å². The first-order chi connectivity index (χ1) is 10.2. The Bertz CT molecular complexity index is 788. The van der Waals surface area contributed by atoms with Gasteiger partial charge in [0.2, 0.25) is 0 Å². The molecule has 0 fully saturated rings. The molecule has 0 atom stereocenters. The van der Waals surface area contributed by atoms with Crippen LogP contribution >= 0.6 is 11.3 Å². The number of amides is 1. The number of anilines is 1. The molecule has 0 radical (unpaired) electrons. The van der Waals surface area contributed by atoms with E-state index < -0.39 is 0 Å². The SMILES string of the molecule is CCCc1cc(NC(=O)c2sc3ccccc3c2C)n[nH]1. The Morgan fingerprint density at radius 1 is 1.38 bits per heavy atom. The average molecular weight is 299 g/mol. The summed E-state index contributed by atoms with van der Waals surface area (Å²) < 4.78 is 1.13. The van der Waals surface area contributed by atoms with Crippen molar-refractivity contribution in [2.24, 2.45) is 0 Å². The Morgan fingerprint density at radius 3 is 2.95 bits per heavy atom. The lowest BCUT2D eigenvalue weighted by Crippen LogP contribution is -2.11. The lowest BCUT2D eigenvalue weighted by molar-refractivity contribution is 0.102. The number of carbonyl (C=O) groups excluding carboxylic acids is 1. The van der Waals surface area contributed by atoms with E-state index in [2.05, 4.69) is 22.4 Å². The molecule has 0 aliphatic carbocycles. The first-order valence-electron chi connectivity index (χ1n) is 7.02. The molecule has 0 saturated carbocycles. The first-order valence-corrected chi connectivity index (χ1v) is 7.84. The molecule has 0 bridgehead atoms. The molecule has 3 aromatic rings. The zero-order valence-corrected chi connectivity index (χ0v) is 12.9. The summed E-state index contributed by atoms with van der Waals surface area (Å²) in [7, 11) is 0. The fourth-order valence-corrected chi connectivity index (χ4v) is 3.49. The summed E-state index contributed by atoms with van der Waals surface area (Å²) in [5.41, 5.74) is 2.07. The number of hydrogen-bond donors (Lipinski definition) is 2. The average Bonchev–Trinajstić information content (AvgIpc) is 3.05. The lowest BCUT2D eigenvalue weighted by atomic mass is 10.1. The Labute approximate surface area is 127 Å². The largest absolute Gasteiger partial charge is 0.304 e. The van der Waals surface area contributed by atoms with Gasteiger partial charge in [0.05, 0.1) is 4.88 Å². The van der Waals surface area contributed by atoms with Gasteiger partial charge in [-0.3, -0.25) is 9.89 Å². The second-order valence-corrected chi connectivity index (χ2v) is 6.09. The molecular weight excluding hydrogens is 282 g/mol. The highest BCUT2D eigenvalue weighted by Gasteiger charge is 2.16. The predicted octanol–water partition coefficient (Wildman–Crippen LogP) is 4.14. The smallest absolute Gasteiger partial charge is 0.267 e. The number of nitrogens with one attached hydrogen (secondary N) is 2. The summed E-state index contributed by atoms with van der Waals surface area (Å²) in [5, 5.41) is 11.1. The molecule has 21 heavy (non-hydrogen) atoms. The van der Waals surface area contributed by atoms with E-state index in [0.29, 0.717) is 5.82 Å². The minimum Gasteiger partial charge on any atom is -0.304 e. The molecule has 0 aliphatic heterocycles. The van der Waals surface area contributed by atoms with Crippen LogP contribution in [0.25, 0.3) is 10.1 Å². The van der Waals surface area contributed by atoms with Crippen LogP contribution in [0.15, 0.2) is 30.3 Å². The quantitative estimate of drug-likeness (QED) is 0.760. The summed E-state index contributed by atoms with van der Waals surface area (Å²) in [4.78, 5) is 13.2. The van der Waals surface area contributed by atoms with Crippen molar-refractivity contribution in [3.63, 3.8) is 0 Å². The molecule has 0 saturated heterocycles. The number of benzene rings is 1. The maximum Gasteiger partial charge on any atom is 0.267 e. The number of hydrogen-bond acceptors (Lipinski definition) is 3. The molecule has 108 valence electrons. The fourth-order valence-electron chi connectivity index (χ4n) is 2.39. The highest BCUT2D eigenvalue weighted by Crippen LogP contribution is 2.30. The molecule has 1 amide bonds. The van der Waals surface area contributed by atoms with Crippen LogP contribution in [0, 0.1) is 6.92 Å². The zero-order chi connectivity index (χ0) is 14.8. The Hall–Kier alpha value is -2.14. The van der Waals surface area contributed by atoms with Crippen molar-refractivity contribution in [1.29, 1.82) is 0 Å². The third kappa shape index (κ3) is 2.69. The van der Waals surface area contributed by atoms with E-state index in [0.717, 1.165) is 39.1 Å². The topological polar surface area (TPSA) is 57.8 Å². The van der Waals surface area contributed by atoms with Crippen molar-refractivity contribution in [3.8, 4) is 0 Å². The second-order valence-electron chi connectivity index (χ2n) is 5.03. The molecule has 2 N–H and O–H groups in total. The molecule has 3 rings (SSSR count). The van der Waals surface area contributed by atoms with E-state index in [4.69, 9.17) is 0 Å². The van der Waals surface area contributed by atoms with Crippen molar-refractivity contribution < 1.29 is 4.79 Å². The van der Waals surface area contributed by atoms with E-state index in [9.17, 15) is 4.79 Å². The van der Waals surface area contributed by atoms with Gasteiger partial charge >= 0.3 is 0 Å². The van der Waals surface area contributed by atoms with Crippen molar-refractivity contribution in [1.82, 2.24) is 10.2 Å². The summed E-state index contributed by atoms with van der Waals surface area (Å²) in [6.45, 7) is 4.10. The zero-order valence-electron chi connectivity index (χ0n) is 12.1. The molecule has 2 heterocycles. The monoisotopic (exact) mass is 299 g/mol. The minimum atomic E-state index is -0.0942. The highest BCUT2D eigenvalue weighted by atomic mass is 32.1. The van der Waals surface area contributed by atoms with E-state index in [1.165, 1.54) is 11.3 Å². The Morgan fingerprint density at radius 2 is 2.19 bits per heavy atom. The third-order valence-corrected chi connectivity index (χ3v) is 4.71. The molecule has 4 nitrogen and oxygen atoms in total. The molecule has 2 aromatic heterocycles. The van der Waals surface area contributed by atoms with Crippen molar-refractivity contribution in [2.45, 2.75) is 26.7 Å². The van der Waals surface area contributed by atoms with E-state index in [1.807, 2.05) is 37.3 Å². The number of aromatic amines is 1. The number of nitrogens with zero attached hydrogens (tertiary/aromatic N) is 1. The van der Waals surface area contributed by atoms with Gasteiger partial charge in [-0.25, -0.2) is 0 Å². The minimum absolute atomic E-state index is 0.0942. The number of H-pyrrole nitrogens is 1. The molecule has 0 aliphatic rings. The molecule has 5 heteroatoms. The number of thiophene rings is 1. The van der Waals surface area contributed by atoms with Gasteiger partial charge in [-0.15, -0.1) is 11.3 Å². The highest BCUT2D eigenvalue weighted by molar-refractivity contribution is 7.21. The van der Waals surface area contributed by atoms with Crippen LogP contribution in [0.4, 0.5) is 5.82 Å². The Balaban J connectivity index is 1.84. The van der Waals surface area contributed by atoms with Gasteiger partial charge in [0, 0.05) is 16.5 Å². The van der Waals surface area contributed by atoms with E-state index in [1.54, 1.807) is 0 Å². The number of fused-ring (bicyclic) bond motifs is 1. The van der Waals surface area contributed by atoms with Gasteiger partial charge in [-0.2, -0.15) is 5.10 Å². The maximum atomic E-state index is 12.4. The van der Waals surface area contributed by atoms with Crippen molar-refractivity contribution in [2.75, 3.05) is 5.32 Å². The Kier molecular flexibility index (Phi) is 3.75. The van der Waals surface area contributed by atoms with Gasteiger partial charge in [-0.05, 0) is 30.4 Å². The number of aromatic nitrogens is 2. The van der Waals surface area contributed by atoms with E-state index in [-0.39, 0.29) is 5.91 Å². The third-order valence-electron chi connectivity index (χ3n) is 3.44. The maximum absolute atomic E-state index is 12.4. The van der Waals surface area contributed by atoms with Crippen LogP contribution in [0.1, 0.15) is 34.3 Å². The molecular formula is C16H17N3OS. The molecule has 1 aromatic carbocycles. The molecule has 0 spiro atoms. The van der Waals surface area contributed by atoms with Gasteiger partial charge in [0.15, 0.2) is 5.82 Å². The van der Waals surface area contributed by atoms with Crippen molar-refractivity contribution in [3.05, 3.63) is 46.5 Å². The predicted molar refractivity (Wildman–Crippen MR) is 87.1 cm³/mol. The summed E-state index contributed by atoms with van der Waals surface area (Å²) in [6.07, 6.45) is 1.98. The van der Waals surface area contributed by atoms with Gasteiger partial charge < -0.3 is 5.32 Å². The number of carbonyl (C=O) groups is 1. The fraction of sp³-hybridized carbons (Fsp3) is 0.250. The van der Waals surface area contributed by atoms with Crippen molar-refractivity contribution >= 4 is 33.1 Å². The second kappa shape index (κ2) is 5.69. The summed E-state index contributed by atoms with van der Waals surface area (Å²) in [6, 6.07) is 9.97. The van der Waals surface area contributed by atoms with Crippen LogP contribution in [-0.2, 0) is 6.42 Å². The van der Waals surface area contributed by atoms with Crippen LogP contribution < -0.4 is 5.32 Å². The lowest BCUT2D eigenvalue weighted by Gasteiger charge is -2.00. The van der Waals surface area contributed by atoms with Crippen LogP contribution in [0.2, 0.25) is 0 Å². The van der Waals surface area contributed by atoms with Crippen LogP contribution in [0.5, 0.6) is 0 Å². The van der Waals surface area contributed by atoms with Crippen LogP contribution in [0.3, 0.4) is 0 Å². The normalized spacial score (nSPS) is 11.0. The van der Waals surface area contributed by atoms with Gasteiger partial charge in [-0.1, -0.05) is 31.5 Å². The number of rotatable bonds is 4. The van der Waals surface area contributed by atoms with E-state index >= 15 is 0 Å². The molecule has 0 unspecified atom stereocenters.